The lowest BCUT2D eigenvalue weighted by molar-refractivity contribution is -0.121. The van der Waals surface area contributed by atoms with Crippen molar-refractivity contribution in [1.29, 1.82) is 5.26 Å². The fraction of sp³-hybridized carbons (Fsp3) is 0.500. The fourth-order valence-corrected chi connectivity index (χ4v) is 2.55. The van der Waals surface area contributed by atoms with E-state index in [2.05, 4.69) is 16.7 Å². The molecule has 106 valence electrons. The summed E-state index contributed by atoms with van der Waals surface area (Å²) in [6.45, 7) is 2.65. The highest BCUT2D eigenvalue weighted by Gasteiger charge is 2.14. The van der Waals surface area contributed by atoms with Gasteiger partial charge in [0.25, 0.3) is 0 Å². The Morgan fingerprint density at radius 1 is 1.40 bits per heavy atom. The maximum atomic E-state index is 11.8. The van der Waals surface area contributed by atoms with Crippen LogP contribution in [0.5, 0.6) is 0 Å². The van der Waals surface area contributed by atoms with Crippen LogP contribution in [-0.4, -0.2) is 19.0 Å². The number of nitriles is 1. The van der Waals surface area contributed by atoms with Crippen LogP contribution in [-0.2, 0) is 11.3 Å². The maximum absolute atomic E-state index is 11.8. The molecule has 1 fully saturated rings. The topological polar surface area (TPSA) is 64.9 Å². The molecule has 0 aromatic heterocycles. The molecule has 2 rings (SSSR count). The summed E-state index contributed by atoms with van der Waals surface area (Å²) in [6, 6.07) is 9.45. The quantitative estimate of drug-likeness (QED) is 0.860. The molecule has 0 bridgehead atoms. The summed E-state index contributed by atoms with van der Waals surface area (Å²) in [5.41, 5.74) is 1.60. The number of hydrogen-bond donors (Lipinski definition) is 2. The summed E-state index contributed by atoms with van der Waals surface area (Å²) in [7, 11) is 0. The number of carbonyl (C=O) groups excluding carboxylic acids is 1. The van der Waals surface area contributed by atoms with Gasteiger partial charge in [-0.2, -0.15) is 5.26 Å². The van der Waals surface area contributed by atoms with E-state index < -0.39 is 0 Å². The van der Waals surface area contributed by atoms with Gasteiger partial charge in [0.2, 0.25) is 5.91 Å². The van der Waals surface area contributed by atoms with E-state index >= 15 is 0 Å². The first kappa shape index (κ1) is 14.5. The zero-order valence-corrected chi connectivity index (χ0v) is 11.7. The molecule has 1 heterocycles. The van der Waals surface area contributed by atoms with Crippen LogP contribution in [0.15, 0.2) is 24.3 Å². The number of nitrogens with zero attached hydrogens (tertiary/aromatic N) is 1. The van der Waals surface area contributed by atoms with E-state index in [-0.39, 0.29) is 5.91 Å². The van der Waals surface area contributed by atoms with Gasteiger partial charge >= 0.3 is 0 Å². The Labute approximate surface area is 120 Å². The SMILES string of the molecule is N#Cc1cccc(CNC(=O)CCC2CCNCC2)c1. The highest BCUT2D eigenvalue weighted by molar-refractivity contribution is 5.75. The largest absolute Gasteiger partial charge is 0.352 e. The summed E-state index contributed by atoms with van der Waals surface area (Å²) in [5.74, 6) is 0.787. The van der Waals surface area contributed by atoms with Crippen molar-refractivity contribution >= 4 is 5.91 Å². The molecule has 4 nitrogen and oxygen atoms in total. The molecule has 0 saturated carbocycles. The zero-order chi connectivity index (χ0) is 14.2. The molecular formula is C16H21N3O. The Kier molecular flexibility index (Phi) is 5.57. The molecule has 0 unspecified atom stereocenters. The van der Waals surface area contributed by atoms with Crippen molar-refractivity contribution in [2.45, 2.75) is 32.2 Å². The van der Waals surface area contributed by atoms with E-state index in [1.165, 1.54) is 12.8 Å². The van der Waals surface area contributed by atoms with E-state index in [9.17, 15) is 4.79 Å². The van der Waals surface area contributed by atoms with Crippen molar-refractivity contribution < 1.29 is 4.79 Å². The molecule has 0 aliphatic carbocycles. The molecule has 1 aromatic rings. The van der Waals surface area contributed by atoms with Crippen LogP contribution in [0.3, 0.4) is 0 Å². The third-order valence-corrected chi connectivity index (χ3v) is 3.78. The molecular weight excluding hydrogens is 250 g/mol. The Bertz CT molecular complexity index is 487. The highest BCUT2D eigenvalue weighted by atomic mass is 16.1. The van der Waals surface area contributed by atoms with Gasteiger partial charge in [-0.25, -0.2) is 0 Å². The predicted molar refractivity (Wildman–Crippen MR) is 77.8 cm³/mol. The van der Waals surface area contributed by atoms with E-state index in [1.54, 1.807) is 6.07 Å². The number of hydrogen-bond acceptors (Lipinski definition) is 3. The van der Waals surface area contributed by atoms with Gasteiger partial charge in [0.15, 0.2) is 0 Å². The molecule has 1 saturated heterocycles. The molecule has 0 atom stereocenters. The van der Waals surface area contributed by atoms with Gasteiger partial charge in [-0.05, 0) is 56.0 Å². The monoisotopic (exact) mass is 271 g/mol. The summed E-state index contributed by atoms with van der Waals surface area (Å²) in [6.07, 6.45) is 3.93. The average Bonchev–Trinajstić information content (AvgIpc) is 2.52. The van der Waals surface area contributed by atoms with Crippen LogP contribution in [0.4, 0.5) is 0 Å². The number of benzene rings is 1. The average molecular weight is 271 g/mol. The summed E-state index contributed by atoms with van der Waals surface area (Å²) < 4.78 is 0. The van der Waals surface area contributed by atoms with Crippen LogP contribution in [0.25, 0.3) is 0 Å². The van der Waals surface area contributed by atoms with Gasteiger partial charge in [0, 0.05) is 13.0 Å². The fourth-order valence-electron chi connectivity index (χ4n) is 2.55. The molecule has 0 radical (unpaired) electrons. The van der Waals surface area contributed by atoms with Crippen molar-refractivity contribution in [3.63, 3.8) is 0 Å². The molecule has 1 aliphatic heterocycles. The van der Waals surface area contributed by atoms with E-state index in [1.807, 2.05) is 18.2 Å². The summed E-state index contributed by atoms with van der Waals surface area (Å²) in [5, 5.41) is 15.1. The minimum absolute atomic E-state index is 0.103. The van der Waals surface area contributed by atoms with Crippen molar-refractivity contribution in [2.75, 3.05) is 13.1 Å². The van der Waals surface area contributed by atoms with Gasteiger partial charge < -0.3 is 10.6 Å². The first-order valence-corrected chi connectivity index (χ1v) is 7.24. The summed E-state index contributed by atoms with van der Waals surface area (Å²) in [4.78, 5) is 11.8. The standard InChI is InChI=1S/C16H21N3O/c17-11-14-2-1-3-15(10-14)12-19-16(20)5-4-13-6-8-18-9-7-13/h1-3,10,13,18H,4-9,12H2,(H,19,20). The van der Waals surface area contributed by atoms with Gasteiger partial charge in [0.05, 0.1) is 11.6 Å². The van der Waals surface area contributed by atoms with E-state index in [0.717, 1.165) is 25.1 Å². The van der Waals surface area contributed by atoms with Crippen LogP contribution in [0, 0.1) is 17.2 Å². The third-order valence-electron chi connectivity index (χ3n) is 3.78. The second kappa shape index (κ2) is 7.66. The lowest BCUT2D eigenvalue weighted by atomic mass is 9.93. The number of piperidine rings is 1. The normalized spacial score (nSPS) is 15.6. The van der Waals surface area contributed by atoms with E-state index in [0.29, 0.717) is 24.4 Å². The van der Waals surface area contributed by atoms with Gasteiger partial charge in [0.1, 0.15) is 0 Å². The van der Waals surface area contributed by atoms with Crippen LogP contribution in [0.1, 0.15) is 36.8 Å². The Balaban J connectivity index is 1.70. The number of carbonyl (C=O) groups is 1. The zero-order valence-electron chi connectivity index (χ0n) is 11.7. The molecule has 1 amide bonds. The minimum atomic E-state index is 0.103. The van der Waals surface area contributed by atoms with Crippen LogP contribution >= 0.6 is 0 Å². The summed E-state index contributed by atoms with van der Waals surface area (Å²) >= 11 is 0. The second-order valence-corrected chi connectivity index (χ2v) is 5.32. The van der Waals surface area contributed by atoms with Crippen molar-refractivity contribution in [3.8, 4) is 6.07 Å². The molecule has 0 spiro atoms. The van der Waals surface area contributed by atoms with Crippen molar-refractivity contribution in [1.82, 2.24) is 10.6 Å². The second-order valence-electron chi connectivity index (χ2n) is 5.32. The highest BCUT2D eigenvalue weighted by Crippen LogP contribution is 2.17. The molecule has 2 N–H and O–H groups in total. The van der Waals surface area contributed by atoms with Gasteiger partial charge in [-0.1, -0.05) is 12.1 Å². The molecule has 20 heavy (non-hydrogen) atoms. The Hall–Kier alpha value is -1.86. The van der Waals surface area contributed by atoms with Crippen molar-refractivity contribution in [2.24, 2.45) is 5.92 Å². The third kappa shape index (κ3) is 4.67. The van der Waals surface area contributed by atoms with E-state index in [4.69, 9.17) is 5.26 Å². The number of rotatable bonds is 5. The predicted octanol–water partition coefficient (Wildman–Crippen LogP) is 1.95. The maximum Gasteiger partial charge on any atom is 0.220 e. The first-order chi connectivity index (χ1) is 9.78. The van der Waals surface area contributed by atoms with Crippen LogP contribution in [0.2, 0.25) is 0 Å². The van der Waals surface area contributed by atoms with Crippen LogP contribution < -0.4 is 10.6 Å². The van der Waals surface area contributed by atoms with Crippen molar-refractivity contribution in [3.05, 3.63) is 35.4 Å². The molecule has 1 aromatic carbocycles. The Morgan fingerprint density at radius 2 is 2.20 bits per heavy atom. The first-order valence-electron chi connectivity index (χ1n) is 7.24. The lowest BCUT2D eigenvalue weighted by Gasteiger charge is -2.22. The lowest BCUT2D eigenvalue weighted by Crippen LogP contribution is -2.29. The van der Waals surface area contributed by atoms with Gasteiger partial charge in [-0.3, -0.25) is 4.79 Å². The minimum Gasteiger partial charge on any atom is -0.352 e. The Morgan fingerprint density at radius 3 is 2.95 bits per heavy atom. The molecule has 4 heteroatoms. The smallest absolute Gasteiger partial charge is 0.220 e. The number of amides is 1. The number of nitrogens with one attached hydrogen (secondary N) is 2. The van der Waals surface area contributed by atoms with Gasteiger partial charge in [-0.15, -0.1) is 0 Å². The molecule has 1 aliphatic rings.